The molecule has 0 radical (unpaired) electrons. The van der Waals surface area contributed by atoms with Gasteiger partial charge in [-0.1, -0.05) is 40.7 Å². The van der Waals surface area contributed by atoms with Crippen molar-refractivity contribution in [1.82, 2.24) is 0 Å². The van der Waals surface area contributed by atoms with Crippen molar-refractivity contribution in [1.29, 1.82) is 0 Å². The number of hydrogen-bond donors (Lipinski definition) is 0. The van der Waals surface area contributed by atoms with Gasteiger partial charge in [0.1, 0.15) is 11.9 Å². The number of ether oxygens (including phenoxy) is 2. The first-order valence-electron chi connectivity index (χ1n) is 13.6. The summed E-state index contributed by atoms with van der Waals surface area (Å²) in [6, 6.07) is 6.92. The van der Waals surface area contributed by atoms with Gasteiger partial charge < -0.3 is 9.47 Å². The van der Waals surface area contributed by atoms with Gasteiger partial charge in [-0.25, -0.2) is 0 Å². The molecular formula is C30H46O3. The Labute approximate surface area is 202 Å². The summed E-state index contributed by atoms with van der Waals surface area (Å²) < 4.78 is 12.0. The number of aryl methyl sites for hydroxylation is 1. The lowest BCUT2D eigenvalue weighted by molar-refractivity contribution is -0.154. The SMILES string of the molecule is CC(=O)O[C@H]1CC[C@H]2[C@@H]3CCc4cc(OCC(C)CC(C)CC(C)C)ccc4[C@H]3CC[C@]12C. The minimum Gasteiger partial charge on any atom is -0.493 e. The van der Waals surface area contributed by atoms with Crippen molar-refractivity contribution in [2.75, 3.05) is 6.61 Å². The van der Waals surface area contributed by atoms with Crippen LogP contribution >= 0.6 is 0 Å². The molecule has 3 aliphatic rings. The van der Waals surface area contributed by atoms with E-state index in [4.69, 9.17) is 9.47 Å². The third kappa shape index (κ3) is 5.28. The molecule has 0 aromatic heterocycles. The molecule has 0 saturated heterocycles. The topological polar surface area (TPSA) is 35.5 Å². The Morgan fingerprint density at radius 3 is 2.58 bits per heavy atom. The molecule has 2 unspecified atom stereocenters. The van der Waals surface area contributed by atoms with Crippen molar-refractivity contribution < 1.29 is 14.3 Å². The zero-order chi connectivity index (χ0) is 23.8. The van der Waals surface area contributed by atoms with Crippen LogP contribution in [0.4, 0.5) is 0 Å². The second-order valence-electron chi connectivity index (χ2n) is 12.4. The van der Waals surface area contributed by atoms with Crippen LogP contribution < -0.4 is 4.74 Å². The summed E-state index contributed by atoms with van der Waals surface area (Å²) in [5, 5.41) is 0. The summed E-state index contributed by atoms with van der Waals surface area (Å²) in [5.74, 6) is 5.12. The fourth-order valence-corrected chi connectivity index (χ4v) is 7.89. The number of esters is 1. The largest absolute Gasteiger partial charge is 0.493 e. The summed E-state index contributed by atoms with van der Waals surface area (Å²) in [5.41, 5.74) is 3.24. The van der Waals surface area contributed by atoms with E-state index in [-0.39, 0.29) is 17.5 Å². The number of hydrogen-bond acceptors (Lipinski definition) is 3. The van der Waals surface area contributed by atoms with Crippen LogP contribution in [0.2, 0.25) is 0 Å². The molecule has 2 saturated carbocycles. The second kappa shape index (κ2) is 10.0. The van der Waals surface area contributed by atoms with Gasteiger partial charge >= 0.3 is 5.97 Å². The molecule has 3 nitrogen and oxygen atoms in total. The Hall–Kier alpha value is -1.51. The summed E-state index contributed by atoms with van der Waals surface area (Å²) in [6.45, 7) is 14.1. The number of benzene rings is 1. The van der Waals surface area contributed by atoms with Crippen LogP contribution in [0.3, 0.4) is 0 Å². The highest BCUT2D eigenvalue weighted by atomic mass is 16.5. The minimum atomic E-state index is -0.116. The van der Waals surface area contributed by atoms with Crippen LogP contribution in [-0.2, 0) is 16.0 Å². The number of rotatable bonds is 8. The first-order chi connectivity index (χ1) is 15.7. The summed E-state index contributed by atoms with van der Waals surface area (Å²) in [4.78, 5) is 11.7. The molecule has 0 spiro atoms. The molecule has 0 amide bonds. The Bertz CT molecular complexity index is 830. The van der Waals surface area contributed by atoms with E-state index < -0.39 is 0 Å². The van der Waals surface area contributed by atoms with Crippen molar-refractivity contribution in [3.05, 3.63) is 29.3 Å². The van der Waals surface area contributed by atoms with Crippen molar-refractivity contribution in [3.63, 3.8) is 0 Å². The van der Waals surface area contributed by atoms with E-state index in [0.29, 0.717) is 17.8 Å². The molecule has 1 aromatic carbocycles. The van der Waals surface area contributed by atoms with Gasteiger partial charge in [0.25, 0.3) is 0 Å². The molecule has 0 bridgehead atoms. The fourth-order valence-electron chi connectivity index (χ4n) is 7.89. The predicted molar refractivity (Wildman–Crippen MR) is 135 cm³/mol. The molecule has 0 heterocycles. The predicted octanol–water partition coefficient (Wildman–Crippen LogP) is 7.56. The van der Waals surface area contributed by atoms with Crippen molar-refractivity contribution >= 4 is 5.97 Å². The van der Waals surface area contributed by atoms with Gasteiger partial charge in [-0.3, -0.25) is 4.79 Å². The van der Waals surface area contributed by atoms with Gasteiger partial charge in [0.05, 0.1) is 6.61 Å². The first kappa shape index (κ1) is 24.6. The van der Waals surface area contributed by atoms with Gasteiger partial charge in [0.2, 0.25) is 0 Å². The van der Waals surface area contributed by atoms with Crippen LogP contribution in [0.1, 0.15) is 104 Å². The van der Waals surface area contributed by atoms with Gasteiger partial charge in [0, 0.05) is 12.3 Å². The van der Waals surface area contributed by atoms with E-state index in [9.17, 15) is 4.79 Å². The number of carbonyl (C=O) groups is 1. The van der Waals surface area contributed by atoms with Crippen molar-refractivity contribution in [2.45, 2.75) is 105 Å². The second-order valence-corrected chi connectivity index (χ2v) is 12.4. The third-order valence-corrected chi connectivity index (χ3v) is 9.13. The van der Waals surface area contributed by atoms with Gasteiger partial charge in [-0.15, -0.1) is 0 Å². The lowest BCUT2D eigenvalue weighted by Crippen LogP contribution is -2.45. The molecule has 7 atom stereocenters. The Morgan fingerprint density at radius 2 is 1.85 bits per heavy atom. The van der Waals surface area contributed by atoms with E-state index in [1.165, 1.54) is 44.1 Å². The highest BCUT2D eigenvalue weighted by Crippen LogP contribution is 2.61. The monoisotopic (exact) mass is 454 g/mol. The van der Waals surface area contributed by atoms with Gasteiger partial charge in [-0.05, 0) is 110 Å². The molecular weight excluding hydrogens is 408 g/mol. The van der Waals surface area contributed by atoms with Crippen LogP contribution in [0.15, 0.2) is 18.2 Å². The first-order valence-corrected chi connectivity index (χ1v) is 13.6. The summed E-state index contributed by atoms with van der Waals surface area (Å²) in [7, 11) is 0. The standard InChI is InChI=1S/C30H46O3/c1-19(2)15-20(3)16-21(4)18-32-24-8-10-25-23(17-24)7-9-27-26(25)13-14-30(6)28(27)11-12-29(30)33-22(5)31/h8,10,17,19-21,26-29H,7,9,11-16,18H2,1-6H3/t20?,21?,26-,27-,28+,29+,30+/m1/s1. The van der Waals surface area contributed by atoms with Gasteiger partial charge in [0.15, 0.2) is 0 Å². The molecule has 3 aliphatic carbocycles. The van der Waals surface area contributed by atoms with Gasteiger partial charge in [-0.2, -0.15) is 0 Å². The number of fused-ring (bicyclic) bond motifs is 5. The molecule has 3 heteroatoms. The Morgan fingerprint density at radius 1 is 1.06 bits per heavy atom. The van der Waals surface area contributed by atoms with E-state index in [1.54, 1.807) is 12.5 Å². The van der Waals surface area contributed by atoms with E-state index in [0.717, 1.165) is 43.0 Å². The molecule has 33 heavy (non-hydrogen) atoms. The fraction of sp³-hybridized carbons (Fsp3) is 0.767. The molecule has 0 N–H and O–H groups in total. The maximum absolute atomic E-state index is 11.7. The molecule has 184 valence electrons. The van der Waals surface area contributed by atoms with Crippen molar-refractivity contribution in [3.8, 4) is 5.75 Å². The zero-order valence-corrected chi connectivity index (χ0v) is 21.9. The lowest BCUT2D eigenvalue weighted by atomic mass is 9.55. The minimum absolute atomic E-state index is 0.114. The molecule has 4 rings (SSSR count). The quantitative estimate of drug-likeness (QED) is 0.380. The molecule has 1 aromatic rings. The Balaban J connectivity index is 1.38. The Kier molecular flexibility index (Phi) is 7.46. The van der Waals surface area contributed by atoms with Crippen molar-refractivity contribution in [2.24, 2.45) is 35.0 Å². The summed E-state index contributed by atoms with van der Waals surface area (Å²) >= 11 is 0. The van der Waals surface area contributed by atoms with Crippen LogP contribution in [0, 0.1) is 35.0 Å². The van der Waals surface area contributed by atoms with E-state index in [1.807, 2.05) is 0 Å². The highest BCUT2D eigenvalue weighted by molar-refractivity contribution is 5.66. The third-order valence-electron chi connectivity index (χ3n) is 9.13. The maximum atomic E-state index is 11.7. The smallest absolute Gasteiger partial charge is 0.302 e. The van der Waals surface area contributed by atoms with E-state index >= 15 is 0 Å². The van der Waals surface area contributed by atoms with Crippen LogP contribution in [0.25, 0.3) is 0 Å². The van der Waals surface area contributed by atoms with Crippen LogP contribution in [-0.4, -0.2) is 18.7 Å². The maximum Gasteiger partial charge on any atom is 0.302 e. The average Bonchev–Trinajstić information content (AvgIpc) is 3.07. The lowest BCUT2D eigenvalue weighted by Gasteiger charge is -2.50. The molecule has 0 aliphatic heterocycles. The molecule has 2 fully saturated rings. The highest BCUT2D eigenvalue weighted by Gasteiger charge is 2.56. The zero-order valence-electron chi connectivity index (χ0n) is 21.9. The number of carbonyl (C=O) groups excluding carboxylic acids is 1. The summed E-state index contributed by atoms with van der Waals surface area (Å²) in [6.07, 6.45) is 9.69. The normalized spacial score (nSPS) is 32.5. The average molecular weight is 455 g/mol. The van der Waals surface area contributed by atoms with Crippen LogP contribution in [0.5, 0.6) is 5.75 Å². The van der Waals surface area contributed by atoms with E-state index in [2.05, 4.69) is 52.8 Å².